The average Bonchev–Trinajstić information content (AvgIpc) is 3.08. The summed E-state index contributed by atoms with van der Waals surface area (Å²) in [5.41, 5.74) is 1.29. The molecule has 0 saturated carbocycles. The lowest BCUT2D eigenvalue weighted by atomic mass is 10.2. The Hall–Kier alpha value is -3.72. The molecule has 1 N–H and O–H groups in total. The molecule has 1 heterocycles. The number of benzene rings is 3. The smallest absolute Gasteiger partial charge is 0.264 e. The summed E-state index contributed by atoms with van der Waals surface area (Å²) in [6, 6.07) is 17.8. The van der Waals surface area contributed by atoms with Crippen LogP contribution < -0.4 is 23.8 Å². The first-order chi connectivity index (χ1) is 15.9. The van der Waals surface area contributed by atoms with E-state index >= 15 is 0 Å². The fourth-order valence-electron chi connectivity index (χ4n) is 3.40. The quantitative estimate of drug-likeness (QED) is 0.589. The van der Waals surface area contributed by atoms with Gasteiger partial charge in [0.25, 0.3) is 15.9 Å². The SMILES string of the molecule is COc1ccccc1N(C)S(=O)(=O)c1ccc(C(=O)Nc2ccc3c(c2)OCCCO3)cc1. The third kappa shape index (κ3) is 4.73. The topological polar surface area (TPSA) is 94.2 Å². The van der Waals surface area contributed by atoms with Gasteiger partial charge in [0.2, 0.25) is 0 Å². The zero-order valence-corrected chi connectivity index (χ0v) is 19.1. The molecule has 0 unspecified atom stereocenters. The van der Waals surface area contributed by atoms with Gasteiger partial charge in [-0.1, -0.05) is 12.1 Å². The lowest BCUT2D eigenvalue weighted by Crippen LogP contribution is -2.27. The zero-order valence-electron chi connectivity index (χ0n) is 18.3. The second-order valence-electron chi connectivity index (χ2n) is 7.33. The number of anilines is 2. The van der Waals surface area contributed by atoms with Crippen LogP contribution in [0.2, 0.25) is 0 Å². The number of para-hydroxylation sites is 2. The molecule has 3 aromatic rings. The summed E-state index contributed by atoms with van der Waals surface area (Å²) >= 11 is 0. The number of nitrogens with zero attached hydrogens (tertiary/aromatic N) is 1. The van der Waals surface area contributed by atoms with Crippen LogP contribution in [0.5, 0.6) is 17.2 Å². The Bertz CT molecular complexity index is 1260. The van der Waals surface area contributed by atoms with Gasteiger partial charge in [-0.15, -0.1) is 0 Å². The molecule has 0 radical (unpaired) electrons. The number of carbonyl (C=O) groups is 1. The van der Waals surface area contributed by atoms with Gasteiger partial charge in [-0.2, -0.15) is 0 Å². The van der Waals surface area contributed by atoms with Crippen LogP contribution in [-0.4, -0.2) is 41.7 Å². The summed E-state index contributed by atoms with van der Waals surface area (Å²) in [7, 11) is -0.910. The minimum absolute atomic E-state index is 0.0584. The van der Waals surface area contributed by atoms with E-state index in [9.17, 15) is 13.2 Å². The van der Waals surface area contributed by atoms with Crippen molar-refractivity contribution in [3.8, 4) is 17.2 Å². The van der Waals surface area contributed by atoms with E-state index < -0.39 is 10.0 Å². The molecular formula is C24H24N2O6S. The van der Waals surface area contributed by atoms with Gasteiger partial charge >= 0.3 is 0 Å². The first-order valence-electron chi connectivity index (χ1n) is 10.3. The molecule has 0 saturated heterocycles. The Labute approximate surface area is 192 Å². The van der Waals surface area contributed by atoms with Crippen molar-refractivity contribution < 1.29 is 27.4 Å². The van der Waals surface area contributed by atoms with E-state index in [1.54, 1.807) is 42.5 Å². The third-order valence-corrected chi connectivity index (χ3v) is 6.99. The van der Waals surface area contributed by atoms with E-state index in [2.05, 4.69) is 5.32 Å². The fraction of sp³-hybridized carbons (Fsp3) is 0.208. The van der Waals surface area contributed by atoms with Crippen molar-refractivity contribution in [3.05, 3.63) is 72.3 Å². The Morgan fingerprint density at radius 3 is 2.39 bits per heavy atom. The second-order valence-corrected chi connectivity index (χ2v) is 9.30. The number of hydrogen-bond acceptors (Lipinski definition) is 6. The number of hydrogen-bond donors (Lipinski definition) is 1. The highest BCUT2D eigenvalue weighted by molar-refractivity contribution is 7.92. The number of ether oxygens (including phenoxy) is 3. The predicted molar refractivity (Wildman–Crippen MR) is 125 cm³/mol. The van der Waals surface area contributed by atoms with E-state index in [4.69, 9.17) is 14.2 Å². The monoisotopic (exact) mass is 468 g/mol. The van der Waals surface area contributed by atoms with Gasteiger partial charge in [-0.3, -0.25) is 9.10 Å². The summed E-state index contributed by atoms with van der Waals surface area (Å²) in [4.78, 5) is 12.7. The normalized spacial score (nSPS) is 13.0. The van der Waals surface area contributed by atoms with Crippen LogP contribution >= 0.6 is 0 Å². The van der Waals surface area contributed by atoms with E-state index in [-0.39, 0.29) is 10.8 Å². The van der Waals surface area contributed by atoms with E-state index in [1.807, 2.05) is 0 Å². The first kappa shape index (κ1) is 22.5. The van der Waals surface area contributed by atoms with E-state index in [0.717, 1.165) is 10.7 Å². The second kappa shape index (κ2) is 9.41. The standard InChI is InChI=1S/C24H24N2O6S/c1-26(20-6-3-4-7-21(20)30-2)33(28,29)19-11-8-17(9-12-19)24(27)25-18-10-13-22-23(16-18)32-15-5-14-31-22/h3-4,6-13,16H,5,14-15H2,1-2H3,(H,25,27). The molecule has 4 rings (SSSR count). The van der Waals surface area contributed by atoms with Crippen molar-refractivity contribution in [3.63, 3.8) is 0 Å². The number of fused-ring (bicyclic) bond motifs is 1. The molecule has 3 aromatic carbocycles. The van der Waals surface area contributed by atoms with Crippen LogP contribution in [0.1, 0.15) is 16.8 Å². The predicted octanol–water partition coefficient (Wildman–Crippen LogP) is 3.93. The van der Waals surface area contributed by atoms with Crippen LogP contribution in [0.3, 0.4) is 0 Å². The van der Waals surface area contributed by atoms with Gasteiger partial charge in [0.05, 0.1) is 30.9 Å². The summed E-state index contributed by atoms with van der Waals surface area (Å²) in [6.07, 6.45) is 0.790. The summed E-state index contributed by atoms with van der Waals surface area (Å²) in [6.45, 7) is 1.13. The number of sulfonamides is 1. The maximum Gasteiger partial charge on any atom is 0.264 e. The number of rotatable bonds is 6. The minimum atomic E-state index is -3.85. The summed E-state index contributed by atoms with van der Waals surface area (Å²) < 4.78 is 43.8. The molecule has 0 aliphatic carbocycles. The van der Waals surface area contributed by atoms with Crippen LogP contribution in [0.25, 0.3) is 0 Å². The van der Waals surface area contributed by atoms with Gasteiger partial charge in [0.15, 0.2) is 11.5 Å². The molecule has 33 heavy (non-hydrogen) atoms. The molecule has 1 amide bonds. The van der Waals surface area contributed by atoms with E-state index in [1.165, 1.54) is 38.4 Å². The number of nitrogens with one attached hydrogen (secondary N) is 1. The molecule has 0 spiro atoms. The lowest BCUT2D eigenvalue weighted by Gasteiger charge is -2.21. The van der Waals surface area contributed by atoms with Crippen molar-refractivity contribution in [2.75, 3.05) is 37.0 Å². The molecule has 1 aliphatic heterocycles. The highest BCUT2D eigenvalue weighted by Crippen LogP contribution is 2.33. The van der Waals surface area contributed by atoms with Crippen LogP contribution in [0, 0.1) is 0 Å². The molecule has 0 atom stereocenters. The molecule has 8 nitrogen and oxygen atoms in total. The van der Waals surface area contributed by atoms with E-state index in [0.29, 0.717) is 47.4 Å². The van der Waals surface area contributed by atoms with Gasteiger partial charge < -0.3 is 19.5 Å². The van der Waals surface area contributed by atoms with Crippen molar-refractivity contribution in [1.82, 2.24) is 0 Å². The van der Waals surface area contributed by atoms with Crippen LogP contribution in [0.15, 0.2) is 71.6 Å². The molecule has 0 fully saturated rings. The van der Waals surface area contributed by atoms with Crippen molar-refractivity contribution in [2.45, 2.75) is 11.3 Å². The maximum atomic E-state index is 13.1. The maximum absolute atomic E-state index is 13.1. The molecule has 0 bridgehead atoms. The first-order valence-corrected chi connectivity index (χ1v) is 11.8. The van der Waals surface area contributed by atoms with Crippen LogP contribution in [0.4, 0.5) is 11.4 Å². The van der Waals surface area contributed by atoms with Crippen molar-refractivity contribution in [1.29, 1.82) is 0 Å². The number of carbonyl (C=O) groups excluding carboxylic acids is 1. The van der Waals surface area contributed by atoms with Gasteiger partial charge in [0, 0.05) is 30.8 Å². The molecule has 9 heteroatoms. The largest absolute Gasteiger partial charge is 0.495 e. The summed E-state index contributed by atoms with van der Waals surface area (Å²) in [5, 5.41) is 2.80. The number of methoxy groups -OCH3 is 1. The highest BCUT2D eigenvalue weighted by Gasteiger charge is 2.24. The Morgan fingerprint density at radius 2 is 1.67 bits per heavy atom. The van der Waals surface area contributed by atoms with Gasteiger partial charge in [-0.05, 0) is 48.5 Å². The van der Waals surface area contributed by atoms with Crippen molar-refractivity contribution >= 4 is 27.3 Å². The average molecular weight is 469 g/mol. The zero-order chi connectivity index (χ0) is 23.4. The Kier molecular flexibility index (Phi) is 6.41. The Balaban J connectivity index is 1.51. The van der Waals surface area contributed by atoms with Crippen LogP contribution in [-0.2, 0) is 10.0 Å². The van der Waals surface area contributed by atoms with Gasteiger partial charge in [-0.25, -0.2) is 8.42 Å². The molecule has 1 aliphatic rings. The highest BCUT2D eigenvalue weighted by atomic mass is 32.2. The minimum Gasteiger partial charge on any atom is -0.495 e. The lowest BCUT2D eigenvalue weighted by molar-refractivity contribution is 0.102. The molecule has 172 valence electrons. The van der Waals surface area contributed by atoms with Crippen molar-refractivity contribution in [2.24, 2.45) is 0 Å². The third-order valence-electron chi connectivity index (χ3n) is 5.20. The Morgan fingerprint density at radius 1 is 0.970 bits per heavy atom. The summed E-state index contributed by atoms with van der Waals surface area (Å²) in [5.74, 6) is 1.28. The van der Waals surface area contributed by atoms with Gasteiger partial charge in [0.1, 0.15) is 5.75 Å². The molecular weight excluding hydrogens is 444 g/mol. The fourth-order valence-corrected chi connectivity index (χ4v) is 4.61. The number of amides is 1. The molecule has 0 aromatic heterocycles.